The van der Waals surface area contributed by atoms with Crippen LogP contribution in [0, 0.1) is 5.82 Å². The lowest BCUT2D eigenvalue weighted by atomic mass is 10.1. The molecule has 3 aromatic rings. The molecule has 0 radical (unpaired) electrons. The zero-order valence-corrected chi connectivity index (χ0v) is 16.7. The van der Waals surface area contributed by atoms with Gasteiger partial charge in [-0.2, -0.15) is 8.42 Å². The molecule has 0 saturated carbocycles. The fourth-order valence-electron chi connectivity index (χ4n) is 2.65. The number of nitrogens with one attached hydrogen (secondary N) is 2. The largest absolute Gasteiger partial charge is 0.364 e. The summed E-state index contributed by atoms with van der Waals surface area (Å²) >= 11 is 0. The molecule has 0 bridgehead atoms. The molecule has 1 aromatic heterocycles. The molecule has 0 aliphatic carbocycles. The number of aromatic amines is 2. The molecule has 12 nitrogen and oxygen atoms in total. The van der Waals surface area contributed by atoms with E-state index in [-0.39, 0.29) is 26.1 Å². The Labute approximate surface area is 178 Å². The highest BCUT2D eigenvalue weighted by Gasteiger charge is 2.26. The van der Waals surface area contributed by atoms with E-state index in [0.717, 1.165) is 54.7 Å². The van der Waals surface area contributed by atoms with Crippen molar-refractivity contribution in [3.8, 4) is 0 Å². The summed E-state index contributed by atoms with van der Waals surface area (Å²) in [5, 5.41) is 0.287. The first kappa shape index (κ1) is 22.5. The van der Waals surface area contributed by atoms with Gasteiger partial charge in [0.2, 0.25) is 0 Å². The topological polar surface area (TPSA) is 187 Å². The lowest BCUT2D eigenvalue weighted by Crippen LogP contribution is -2.42. The number of aromatic nitrogens is 2. The van der Waals surface area contributed by atoms with Gasteiger partial charge in [0, 0.05) is 17.3 Å². The van der Waals surface area contributed by atoms with Gasteiger partial charge < -0.3 is 4.98 Å². The molecule has 14 heteroatoms. The van der Waals surface area contributed by atoms with Gasteiger partial charge in [-0.05, 0) is 48.5 Å². The highest BCUT2D eigenvalue weighted by atomic mass is 32.2. The van der Waals surface area contributed by atoms with Gasteiger partial charge in [-0.15, -0.1) is 0 Å². The number of rotatable bonds is 5. The van der Waals surface area contributed by atoms with Crippen molar-refractivity contribution in [2.45, 2.75) is 0 Å². The molecule has 0 fully saturated rings. The second-order valence-corrected chi connectivity index (χ2v) is 7.49. The average Bonchev–Trinajstić information content (AvgIpc) is 2.74. The van der Waals surface area contributed by atoms with Crippen molar-refractivity contribution in [2.24, 2.45) is 5.84 Å². The number of hydrogen-bond acceptors (Lipinski definition) is 7. The number of hydrazine groups is 1. The molecular weight excluding hydrogens is 449 g/mol. The summed E-state index contributed by atoms with van der Waals surface area (Å²) in [6, 6.07) is 8.61. The summed E-state index contributed by atoms with van der Waals surface area (Å²) in [6.07, 6.45) is 0.775. The summed E-state index contributed by atoms with van der Waals surface area (Å²) < 4.78 is 46.4. The number of imide groups is 1. The zero-order chi connectivity index (χ0) is 23.6. The summed E-state index contributed by atoms with van der Waals surface area (Å²) in [4.78, 5) is 51.8. The third kappa shape index (κ3) is 4.61. The minimum atomic E-state index is -5.02. The van der Waals surface area contributed by atoms with Crippen LogP contribution in [0.2, 0.25) is 0 Å². The number of benzene rings is 2. The number of anilines is 2. The molecule has 32 heavy (non-hydrogen) atoms. The van der Waals surface area contributed by atoms with Crippen LogP contribution in [0.1, 0.15) is 20.7 Å². The van der Waals surface area contributed by atoms with Crippen LogP contribution in [-0.2, 0) is 10.3 Å². The van der Waals surface area contributed by atoms with Crippen molar-refractivity contribution in [1.82, 2.24) is 15.0 Å². The molecule has 0 saturated heterocycles. The van der Waals surface area contributed by atoms with E-state index in [0.29, 0.717) is 0 Å². The Bertz CT molecular complexity index is 1400. The van der Waals surface area contributed by atoms with Gasteiger partial charge in [0.15, 0.2) is 0 Å². The quantitative estimate of drug-likeness (QED) is 0.137. The van der Waals surface area contributed by atoms with Gasteiger partial charge in [-0.25, -0.2) is 24.3 Å². The van der Waals surface area contributed by atoms with Crippen molar-refractivity contribution in [3.05, 3.63) is 92.5 Å². The molecule has 1 heterocycles. The number of nitrogens with two attached hydrogens (primary N) is 1. The zero-order valence-electron chi connectivity index (χ0n) is 15.9. The van der Waals surface area contributed by atoms with Crippen LogP contribution in [0.4, 0.5) is 15.8 Å². The minimum absolute atomic E-state index is 0.0475. The molecule has 0 atom stereocenters. The van der Waals surface area contributed by atoms with E-state index in [9.17, 15) is 36.5 Å². The van der Waals surface area contributed by atoms with Crippen molar-refractivity contribution in [2.75, 3.05) is 4.31 Å². The molecule has 2 aromatic carbocycles. The maximum Gasteiger partial charge on any atom is 0.364 e. The SMILES string of the molecule is NN(C(=O)c1ccc(F)cc1)C(=O)c1ccc(N(c2c[nH]c(=O)[nH]c2=O)S(=O)(=O)O)cc1. The van der Waals surface area contributed by atoms with E-state index in [1.807, 2.05) is 4.98 Å². The van der Waals surface area contributed by atoms with Crippen LogP contribution in [0.5, 0.6) is 0 Å². The maximum absolute atomic E-state index is 13.0. The normalized spacial score (nSPS) is 11.1. The van der Waals surface area contributed by atoms with Crippen LogP contribution in [0.3, 0.4) is 0 Å². The van der Waals surface area contributed by atoms with Crippen LogP contribution in [-0.4, -0.2) is 39.8 Å². The first-order chi connectivity index (χ1) is 15.0. The van der Waals surface area contributed by atoms with Gasteiger partial charge in [0.25, 0.3) is 17.4 Å². The number of amides is 2. The molecule has 0 spiro atoms. The van der Waals surface area contributed by atoms with Gasteiger partial charge >= 0.3 is 16.0 Å². The molecule has 0 aliphatic rings. The third-order valence-electron chi connectivity index (χ3n) is 4.13. The van der Waals surface area contributed by atoms with E-state index < -0.39 is 44.9 Å². The molecule has 5 N–H and O–H groups in total. The van der Waals surface area contributed by atoms with Crippen molar-refractivity contribution in [3.63, 3.8) is 0 Å². The smallest absolute Gasteiger partial charge is 0.312 e. The van der Waals surface area contributed by atoms with Crippen LogP contribution >= 0.6 is 0 Å². The summed E-state index contributed by atoms with van der Waals surface area (Å²) in [7, 11) is -5.02. The average molecular weight is 463 g/mol. The highest BCUT2D eigenvalue weighted by Crippen LogP contribution is 2.25. The summed E-state index contributed by atoms with van der Waals surface area (Å²) in [6.45, 7) is 0. The molecule has 0 aliphatic heterocycles. The standard InChI is InChI=1S/C18H14FN5O7S/c19-12-5-1-10(2-6-12)16(26)23(20)17(27)11-3-7-13(8-4-11)24(32(29,30)31)14-9-21-18(28)22-15(14)25/h1-9H,20H2,(H,29,30,31)(H2,21,22,25,28). The summed E-state index contributed by atoms with van der Waals surface area (Å²) in [5.41, 5.74) is -3.09. The molecule has 2 amide bonds. The number of H-pyrrole nitrogens is 2. The fourth-order valence-corrected chi connectivity index (χ4v) is 3.42. The first-order valence-corrected chi connectivity index (χ1v) is 9.97. The number of carbonyl (C=O) groups is 2. The van der Waals surface area contributed by atoms with E-state index in [1.165, 1.54) is 0 Å². The molecule has 166 valence electrons. The number of nitrogens with zero attached hydrogens (tertiary/aromatic N) is 2. The van der Waals surface area contributed by atoms with Crippen LogP contribution in [0.25, 0.3) is 0 Å². The fraction of sp³-hybridized carbons (Fsp3) is 0. The van der Waals surface area contributed by atoms with Gasteiger partial charge in [0.05, 0.1) is 5.69 Å². The predicted octanol–water partition coefficient (Wildman–Crippen LogP) is 0.300. The second-order valence-electron chi connectivity index (χ2n) is 6.23. The van der Waals surface area contributed by atoms with E-state index >= 15 is 0 Å². The lowest BCUT2D eigenvalue weighted by Gasteiger charge is -2.20. The van der Waals surface area contributed by atoms with Crippen LogP contribution < -0.4 is 21.4 Å². The van der Waals surface area contributed by atoms with E-state index in [1.54, 1.807) is 0 Å². The Morgan fingerprint density at radius 3 is 1.91 bits per heavy atom. The Balaban J connectivity index is 1.91. The number of hydrogen-bond donors (Lipinski definition) is 4. The number of carbonyl (C=O) groups excluding carboxylic acids is 2. The van der Waals surface area contributed by atoms with Gasteiger partial charge in [-0.1, -0.05) is 0 Å². The predicted molar refractivity (Wildman–Crippen MR) is 109 cm³/mol. The minimum Gasteiger partial charge on any atom is -0.312 e. The molecule has 0 unspecified atom stereocenters. The third-order valence-corrected chi connectivity index (χ3v) is 5.00. The molecule has 3 rings (SSSR count). The van der Waals surface area contributed by atoms with Crippen molar-refractivity contribution >= 4 is 33.5 Å². The maximum atomic E-state index is 13.0. The van der Waals surface area contributed by atoms with Gasteiger partial charge in [0.1, 0.15) is 11.5 Å². The Morgan fingerprint density at radius 1 is 0.938 bits per heavy atom. The van der Waals surface area contributed by atoms with Crippen molar-refractivity contribution < 1.29 is 27.0 Å². The van der Waals surface area contributed by atoms with Gasteiger partial charge in [-0.3, -0.25) is 23.9 Å². The van der Waals surface area contributed by atoms with E-state index in [2.05, 4.69) is 4.98 Å². The first-order valence-electron chi connectivity index (χ1n) is 8.58. The van der Waals surface area contributed by atoms with Crippen LogP contribution in [0.15, 0.2) is 64.3 Å². The lowest BCUT2D eigenvalue weighted by molar-refractivity contribution is 0.0615. The monoisotopic (exact) mass is 463 g/mol. The molecular formula is C18H14FN5O7S. The highest BCUT2D eigenvalue weighted by molar-refractivity contribution is 7.87. The Hall–Kier alpha value is -4.14. The number of halogens is 1. The van der Waals surface area contributed by atoms with E-state index in [4.69, 9.17) is 5.84 Å². The summed E-state index contributed by atoms with van der Waals surface area (Å²) in [5.74, 6) is 3.10. The second kappa shape index (κ2) is 8.54. The van der Waals surface area contributed by atoms with Crippen molar-refractivity contribution in [1.29, 1.82) is 0 Å². The Kier molecular flexibility index (Phi) is 6.02. The Morgan fingerprint density at radius 2 is 1.44 bits per heavy atom.